The highest BCUT2D eigenvalue weighted by molar-refractivity contribution is 4.97. The van der Waals surface area contributed by atoms with Gasteiger partial charge in [-0.15, -0.1) is 6.58 Å². The second-order valence-corrected chi connectivity index (χ2v) is 3.09. The highest BCUT2D eigenvalue weighted by atomic mass is 14.9. The van der Waals surface area contributed by atoms with Gasteiger partial charge in [-0.2, -0.15) is 0 Å². The van der Waals surface area contributed by atoms with Crippen LogP contribution in [-0.4, -0.2) is 12.6 Å². The van der Waals surface area contributed by atoms with Crippen molar-refractivity contribution < 1.29 is 0 Å². The van der Waals surface area contributed by atoms with Crippen LogP contribution in [-0.2, 0) is 0 Å². The van der Waals surface area contributed by atoms with Crippen molar-refractivity contribution >= 4 is 0 Å². The minimum absolute atomic E-state index is 0.542. The number of hydrogen-bond acceptors (Lipinski definition) is 1. The van der Waals surface area contributed by atoms with Crippen molar-refractivity contribution in [1.29, 1.82) is 0 Å². The van der Waals surface area contributed by atoms with Crippen LogP contribution >= 0.6 is 0 Å². The standard InChI is InChI=1S/C11H21N/c1-5-8-11(12-7-3)9-10(4)6-2/h5,11-12H,1,4,6-9H2,2-3H3. The predicted octanol–water partition coefficient (Wildman–Crippen LogP) is 2.90. The third-order valence-electron chi connectivity index (χ3n) is 1.98. The molecule has 0 radical (unpaired) electrons. The first-order valence-corrected chi connectivity index (χ1v) is 4.75. The molecule has 70 valence electrons. The highest BCUT2D eigenvalue weighted by Gasteiger charge is 2.05. The van der Waals surface area contributed by atoms with Crippen LogP contribution < -0.4 is 5.32 Å². The van der Waals surface area contributed by atoms with E-state index in [1.165, 1.54) is 5.57 Å². The van der Waals surface area contributed by atoms with E-state index in [4.69, 9.17) is 0 Å². The first-order valence-electron chi connectivity index (χ1n) is 4.75. The summed E-state index contributed by atoms with van der Waals surface area (Å²) in [7, 11) is 0. The fourth-order valence-electron chi connectivity index (χ4n) is 1.22. The van der Waals surface area contributed by atoms with Crippen molar-refractivity contribution in [1.82, 2.24) is 5.32 Å². The van der Waals surface area contributed by atoms with Crippen molar-refractivity contribution in [3.05, 3.63) is 24.8 Å². The van der Waals surface area contributed by atoms with Crippen molar-refractivity contribution in [2.75, 3.05) is 6.54 Å². The largest absolute Gasteiger partial charge is 0.314 e. The fraction of sp³-hybridized carbons (Fsp3) is 0.636. The molecular weight excluding hydrogens is 146 g/mol. The minimum Gasteiger partial charge on any atom is -0.314 e. The number of rotatable bonds is 7. The van der Waals surface area contributed by atoms with Gasteiger partial charge in [-0.05, 0) is 25.8 Å². The first-order chi connectivity index (χ1) is 5.74. The second-order valence-electron chi connectivity index (χ2n) is 3.09. The molecule has 0 saturated carbocycles. The Morgan fingerprint density at radius 1 is 1.50 bits per heavy atom. The molecule has 0 rings (SSSR count). The van der Waals surface area contributed by atoms with E-state index in [0.29, 0.717) is 6.04 Å². The molecule has 0 aromatic rings. The number of hydrogen-bond donors (Lipinski definition) is 1. The average Bonchev–Trinajstić information content (AvgIpc) is 2.05. The van der Waals surface area contributed by atoms with Gasteiger partial charge in [0.15, 0.2) is 0 Å². The Kier molecular flexibility index (Phi) is 6.78. The van der Waals surface area contributed by atoms with E-state index < -0.39 is 0 Å². The minimum atomic E-state index is 0.542. The molecule has 0 amide bonds. The molecule has 0 heterocycles. The van der Waals surface area contributed by atoms with E-state index in [2.05, 4.69) is 32.3 Å². The molecule has 0 spiro atoms. The van der Waals surface area contributed by atoms with Crippen LogP contribution in [0.4, 0.5) is 0 Å². The Morgan fingerprint density at radius 2 is 2.17 bits per heavy atom. The normalized spacial score (nSPS) is 12.5. The maximum absolute atomic E-state index is 4.00. The van der Waals surface area contributed by atoms with Gasteiger partial charge in [-0.25, -0.2) is 0 Å². The highest BCUT2D eigenvalue weighted by Crippen LogP contribution is 2.09. The second kappa shape index (κ2) is 7.11. The molecule has 0 saturated heterocycles. The third-order valence-corrected chi connectivity index (χ3v) is 1.98. The van der Waals surface area contributed by atoms with E-state index >= 15 is 0 Å². The van der Waals surface area contributed by atoms with E-state index in [-0.39, 0.29) is 0 Å². The molecule has 0 aliphatic carbocycles. The lowest BCUT2D eigenvalue weighted by Crippen LogP contribution is -2.28. The molecule has 0 bridgehead atoms. The van der Waals surface area contributed by atoms with Crippen LogP contribution in [0.15, 0.2) is 24.8 Å². The van der Waals surface area contributed by atoms with Gasteiger partial charge in [0.05, 0.1) is 0 Å². The molecule has 1 N–H and O–H groups in total. The van der Waals surface area contributed by atoms with E-state index in [9.17, 15) is 0 Å². The van der Waals surface area contributed by atoms with E-state index in [0.717, 1.165) is 25.8 Å². The molecule has 0 aliphatic rings. The summed E-state index contributed by atoms with van der Waals surface area (Å²) in [6.45, 7) is 13.1. The van der Waals surface area contributed by atoms with Crippen LogP contribution in [0.1, 0.15) is 33.1 Å². The van der Waals surface area contributed by atoms with Crippen LogP contribution in [0, 0.1) is 0 Å². The van der Waals surface area contributed by atoms with Gasteiger partial charge in [0, 0.05) is 6.04 Å². The zero-order valence-corrected chi connectivity index (χ0v) is 8.40. The zero-order valence-electron chi connectivity index (χ0n) is 8.40. The number of nitrogens with one attached hydrogen (secondary N) is 1. The van der Waals surface area contributed by atoms with Gasteiger partial charge < -0.3 is 5.32 Å². The van der Waals surface area contributed by atoms with Crippen LogP contribution in [0.2, 0.25) is 0 Å². The molecule has 0 aromatic heterocycles. The Hall–Kier alpha value is -0.560. The zero-order chi connectivity index (χ0) is 9.40. The summed E-state index contributed by atoms with van der Waals surface area (Å²) in [6.07, 6.45) is 5.17. The molecule has 0 aliphatic heterocycles. The van der Waals surface area contributed by atoms with Gasteiger partial charge in [-0.1, -0.05) is 32.1 Å². The van der Waals surface area contributed by atoms with Crippen molar-refractivity contribution in [3.8, 4) is 0 Å². The lowest BCUT2D eigenvalue weighted by molar-refractivity contribution is 0.524. The molecule has 1 nitrogen and oxygen atoms in total. The van der Waals surface area contributed by atoms with Crippen molar-refractivity contribution in [2.24, 2.45) is 0 Å². The average molecular weight is 167 g/mol. The summed E-state index contributed by atoms with van der Waals surface area (Å²) in [5, 5.41) is 3.42. The van der Waals surface area contributed by atoms with Crippen molar-refractivity contribution in [2.45, 2.75) is 39.2 Å². The van der Waals surface area contributed by atoms with E-state index in [1.807, 2.05) is 6.08 Å². The van der Waals surface area contributed by atoms with Gasteiger partial charge in [0.1, 0.15) is 0 Å². The molecule has 1 heteroatoms. The molecule has 12 heavy (non-hydrogen) atoms. The van der Waals surface area contributed by atoms with Crippen molar-refractivity contribution in [3.63, 3.8) is 0 Å². The summed E-state index contributed by atoms with van der Waals surface area (Å²) in [6, 6.07) is 0.542. The van der Waals surface area contributed by atoms with Gasteiger partial charge in [0.2, 0.25) is 0 Å². The Balaban J connectivity index is 3.76. The van der Waals surface area contributed by atoms with Crippen LogP contribution in [0.3, 0.4) is 0 Å². The molecule has 1 atom stereocenters. The third kappa shape index (κ3) is 5.14. The van der Waals surface area contributed by atoms with Crippen LogP contribution in [0.25, 0.3) is 0 Å². The summed E-state index contributed by atoms with van der Waals surface area (Å²) < 4.78 is 0. The Bertz CT molecular complexity index is 138. The maximum Gasteiger partial charge on any atom is 0.0138 e. The lowest BCUT2D eigenvalue weighted by atomic mass is 10.0. The fourth-order valence-corrected chi connectivity index (χ4v) is 1.22. The van der Waals surface area contributed by atoms with Gasteiger partial charge in [-0.3, -0.25) is 0 Å². The predicted molar refractivity (Wildman–Crippen MR) is 56.3 cm³/mol. The van der Waals surface area contributed by atoms with Gasteiger partial charge in [0.25, 0.3) is 0 Å². The molecule has 0 fully saturated rings. The summed E-state index contributed by atoms with van der Waals surface area (Å²) >= 11 is 0. The monoisotopic (exact) mass is 167 g/mol. The quantitative estimate of drug-likeness (QED) is 0.575. The van der Waals surface area contributed by atoms with E-state index in [1.54, 1.807) is 0 Å². The maximum atomic E-state index is 4.00. The lowest BCUT2D eigenvalue weighted by Gasteiger charge is -2.16. The first kappa shape index (κ1) is 11.4. The summed E-state index contributed by atoms with van der Waals surface area (Å²) in [5.74, 6) is 0. The summed E-state index contributed by atoms with van der Waals surface area (Å²) in [4.78, 5) is 0. The van der Waals surface area contributed by atoms with Crippen LogP contribution in [0.5, 0.6) is 0 Å². The topological polar surface area (TPSA) is 12.0 Å². The smallest absolute Gasteiger partial charge is 0.0138 e. The summed E-state index contributed by atoms with van der Waals surface area (Å²) in [5.41, 5.74) is 1.32. The molecule has 0 aromatic carbocycles. The van der Waals surface area contributed by atoms with Gasteiger partial charge >= 0.3 is 0 Å². The SMILES string of the molecule is C=CCC(CC(=C)CC)NCC. The molecule has 1 unspecified atom stereocenters. The molecular formula is C11H21N. The Labute approximate surface area is 76.6 Å². The Morgan fingerprint density at radius 3 is 2.58 bits per heavy atom.